The predicted octanol–water partition coefficient (Wildman–Crippen LogP) is 3.38. The van der Waals surface area contributed by atoms with E-state index in [4.69, 9.17) is 9.97 Å². The maximum atomic E-state index is 13.1. The Kier molecular flexibility index (Phi) is 7.42. The molecule has 1 aliphatic rings. The largest absolute Gasteiger partial charge is 0.348 e. The number of anilines is 1. The van der Waals surface area contributed by atoms with E-state index in [1.54, 1.807) is 64.3 Å². The zero-order valence-corrected chi connectivity index (χ0v) is 23.1. The number of pyridine rings is 2. The molecule has 3 aromatic heterocycles. The lowest BCUT2D eigenvalue weighted by Gasteiger charge is -2.35. The number of amides is 2. The van der Waals surface area contributed by atoms with Crippen LogP contribution in [0.1, 0.15) is 32.0 Å². The Morgan fingerprint density at radius 2 is 1.60 bits per heavy atom. The number of carbonyl (C=O) groups is 2. The third kappa shape index (κ3) is 5.46. The lowest BCUT2D eigenvalue weighted by atomic mass is 10.1. The number of hydrogen-bond donors (Lipinski definition) is 1. The summed E-state index contributed by atoms with van der Waals surface area (Å²) < 4.78 is 1.54. The van der Waals surface area contributed by atoms with Crippen LogP contribution in [0.5, 0.6) is 0 Å². The fraction of sp³-hybridized carbons (Fsp3) is 0.188. The molecule has 0 spiro atoms. The predicted molar refractivity (Wildman–Crippen MR) is 160 cm³/mol. The third-order valence-electron chi connectivity index (χ3n) is 7.37. The molecule has 0 unspecified atom stereocenters. The van der Waals surface area contributed by atoms with Crippen LogP contribution >= 0.6 is 0 Å². The van der Waals surface area contributed by atoms with E-state index in [1.165, 1.54) is 6.07 Å². The van der Waals surface area contributed by atoms with Crippen LogP contribution in [0.2, 0.25) is 0 Å². The van der Waals surface area contributed by atoms with Crippen molar-refractivity contribution in [3.05, 3.63) is 124 Å². The highest BCUT2D eigenvalue weighted by atomic mass is 16.2. The Labute approximate surface area is 242 Å². The molecule has 0 aliphatic carbocycles. The maximum absolute atomic E-state index is 13.1. The van der Waals surface area contributed by atoms with Gasteiger partial charge in [0.2, 0.25) is 5.95 Å². The minimum absolute atomic E-state index is 0.0515. The standard InChI is InChI=1S/C32H29N7O3/c1-22-27-13-14-28(40)39(26-11-9-24(10-12-26)30(41)34-20-23-6-3-2-4-7-23)29(27)36-32(35-22)38-18-16-37(17-19-38)31(42)25-8-5-15-33-21-25/h2-15,21H,16-20H2,1H3,(H,34,41). The summed E-state index contributed by atoms with van der Waals surface area (Å²) in [6, 6.07) is 23.4. The zero-order chi connectivity index (χ0) is 29.1. The molecule has 1 saturated heterocycles. The lowest BCUT2D eigenvalue weighted by Crippen LogP contribution is -2.49. The average molecular weight is 560 g/mol. The van der Waals surface area contributed by atoms with Crippen molar-refractivity contribution in [1.29, 1.82) is 0 Å². The van der Waals surface area contributed by atoms with E-state index in [9.17, 15) is 14.4 Å². The molecule has 10 heteroatoms. The van der Waals surface area contributed by atoms with Crippen LogP contribution in [-0.4, -0.2) is 62.4 Å². The SMILES string of the molecule is Cc1nc(N2CCN(C(=O)c3cccnc3)CC2)nc2c1ccc(=O)n2-c1ccc(C(=O)NCc2ccccc2)cc1. The summed E-state index contributed by atoms with van der Waals surface area (Å²) in [6.45, 7) is 4.47. The molecule has 0 atom stereocenters. The van der Waals surface area contributed by atoms with E-state index in [2.05, 4.69) is 10.3 Å². The molecule has 0 bridgehead atoms. The van der Waals surface area contributed by atoms with Crippen LogP contribution in [0.25, 0.3) is 16.7 Å². The molecule has 2 amide bonds. The molecule has 1 fully saturated rings. The molecule has 0 saturated carbocycles. The number of nitrogens with one attached hydrogen (secondary N) is 1. The summed E-state index contributed by atoms with van der Waals surface area (Å²) in [4.78, 5) is 56.1. The zero-order valence-electron chi connectivity index (χ0n) is 23.1. The van der Waals surface area contributed by atoms with Gasteiger partial charge in [0.25, 0.3) is 17.4 Å². The third-order valence-corrected chi connectivity index (χ3v) is 7.37. The number of nitrogens with zero attached hydrogens (tertiary/aromatic N) is 6. The summed E-state index contributed by atoms with van der Waals surface area (Å²) in [5.74, 6) is 0.256. The number of aryl methyl sites for hydroxylation is 1. The summed E-state index contributed by atoms with van der Waals surface area (Å²) in [7, 11) is 0. The molecule has 1 aliphatic heterocycles. The maximum Gasteiger partial charge on any atom is 0.256 e. The summed E-state index contributed by atoms with van der Waals surface area (Å²) in [5, 5.41) is 3.68. The van der Waals surface area contributed by atoms with E-state index in [0.29, 0.717) is 61.1 Å². The Bertz CT molecular complexity index is 1800. The Morgan fingerprint density at radius 3 is 2.31 bits per heavy atom. The average Bonchev–Trinajstić information content (AvgIpc) is 3.04. The van der Waals surface area contributed by atoms with Gasteiger partial charge in [-0.1, -0.05) is 30.3 Å². The van der Waals surface area contributed by atoms with Crippen LogP contribution in [0.4, 0.5) is 5.95 Å². The second kappa shape index (κ2) is 11.6. The number of carbonyl (C=O) groups excluding carboxylic acids is 2. The van der Waals surface area contributed by atoms with E-state index >= 15 is 0 Å². The highest BCUT2D eigenvalue weighted by Crippen LogP contribution is 2.22. The molecule has 2 aromatic carbocycles. The number of rotatable bonds is 6. The first-order chi connectivity index (χ1) is 20.5. The molecule has 10 nitrogen and oxygen atoms in total. The van der Waals surface area contributed by atoms with Gasteiger partial charge in [-0.25, -0.2) is 4.98 Å². The fourth-order valence-electron chi connectivity index (χ4n) is 5.07. The normalized spacial score (nSPS) is 13.3. The van der Waals surface area contributed by atoms with Crippen molar-refractivity contribution in [1.82, 2.24) is 29.7 Å². The van der Waals surface area contributed by atoms with E-state index in [1.807, 2.05) is 42.2 Å². The second-order valence-corrected chi connectivity index (χ2v) is 10.1. The van der Waals surface area contributed by atoms with Gasteiger partial charge < -0.3 is 15.1 Å². The van der Waals surface area contributed by atoms with Crippen molar-refractivity contribution in [2.24, 2.45) is 0 Å². The van der Waals surface area contributed by atoms with E-state index in [-0.39, 0.29) is 17.4 Å². The first-order valence-corrected chi connectivity index (χ1v) is 13.8. The van der Waals surface area contributed by atoms with Crippen molar-refractivity contribution in [3.8, 4) is 5.69 Å². The molecule has 210 valence electrons. The van der Waals surface area contributed by atoms with Crippen LogP contribution in [0.3, 0.4) is 0 Å². The highest BCUT2D eigenvalue weighted by Gasteiger charge is 2.24. The Balaban J connectivity index is 1.23. The first kappa shape index (κ1) is 26.8. The smallest absolute Gasteiger partial charge is 0.256 e. The van der Waals surface area contributed by atoms with Gasteiger partial charge in [-0.15, -0.1) is 0 Å². The Hall–Kier alpha value is -5.38. The van der Waals surface area contributed by atoms with Gasteiger partial charge in [-0.2, -0.15) is 4.98 Å². The summed E-state index contributed by atoms with van der Waals surface area (Å²) >= 11 is 0. The van der Waals surface area contributed by atoms with Crippen molar-refractivity contribution >= 4 is 28.8 Å². The fourth-order valence-corrected chi connectivity index (χ4v) is 5.07. The van der Waals surface area contributed by atoms with Gasteiger partial charge in [0.05, 0.1) is 16.9 Å². The van der Waals surface area contributed by atoms with Gasteiger partial charge in [0.1, 0.15) is 0 Å². The minimum atomic E-state index is -0.236. The van der Waals surface area contributed by atoms with Gasteiger partial charge >= 0.3 is 0 Å². The molecule has 4 heterocycles. The first-order valence-electron chi connectivity index (χ1n) is 13.8. The summed E-state index contributed by atoms with van der Waals surface area (Å²) in [6.07, 6.45) is 3.22. The van der Waals surface area contributed by atoms with Gasteiger partial charge in [0, 0.05) is 62.1 Å². The van der Waals surface area contributed by atoms with Gasteiger partial charge in [-0.05, 0) is 55.0 Å². The molecule has 6 rings (SSSR count). The van der Waals surface area contributed by atoms with Crippen LogP contribution in [0.15, 0.2) is 96.1 Å². The van der Waals surface area contributed by atoms with Crippen molar-refractivity contribution in [2.75, 3.05) is 31.1 Å². The lowest BCUT2D eigenvalue weighted by molar-refractivity contribution is 0.0745. The van der Waals surface area contributed by atoms with Crippen LogP contribution < -0.4 is 15.8 Å². The van der Waals surface area contributed by atoms with Crippen LogP contribution in [-0.2, 0) is 6.54 Å². The molecular formula is C32H29N7O3. The summed E-state index contributed by atoms with van der Waals surface area (Å²) in [5.41, 5.74) is 3.66. The van der Waals surface area contributed by atoms with Gasteiger partial charge in [-0.3, -0.25) is 23.9 Å². The molecule has 0 radical (unpaired) electrons. The monoisotopic (exact) mass is 559 g/mol. The molecule has 42 heavy (non-hydrogen) atoms. The van der Waals surface area contributed by atoms with Crippen molar-refractivity contribution in [2.45, 2.75) is 13.5 Å². The molecular weight excluding hydrogens is 530 g/mol. The van der Waals surface area contributed by atoms with Crippen molar-refractivity contribution < 1.29 is 9.59 Å². The minimum Gasteiger partial charge on any atom is -0.348 e. The molecule has 5 aromatic rings. The number of fused-ring (bicyclic) bond motifs is 1. The second-order valence-electron chi connectivity index (χ2n) is 10.1. The number of piperazine rings is 1. The number of aromatic nitrogens is 4. The quantitative estimate of drug-likeness (QED) is 0.339. The number of hydrogen-bond acceptors (Lipinski definition) is 7. The number of benzene rings is 2. The van der Waals surface area contributed by atoms with Gasteiger partial charge in [0.15, 0.2) is 5.65 Å². The Morgan fingerprint density at radius 1 is 0.833 bits per heavy atom. The van der Waals surface area contributed by atoms with Crippen molar-refractivity contribution in [3.63, 3.8) is 0 Å². The highest BCUT2D eigenvalue weighted by molar-refractivity contribution is 5.94. The topological polar surface area (TPSA) is 113 Å². The van der Waals surface area contributed by atoms with Crippen LogP contribution in [0, 0.1) is 6.92 Å². The van der Waals surface area contributed by atoms with E-state index < -0.39 is 0 Å². The molecule has 1 N–H and O–H groups in total. The van der Waals surface area contributed by atoms with E-state index in [0.717, 1.165) is 16.6 Å².